The van der Waals surface area contributed by atoms with Crippen molar-refractivity contribution in [3.8, 4) is 11.5 Å². The molecule has 1 saturated heterocycles. The van der Waals surface area contributed by atoms with E-state index in [1.54, 1.807) is 0 Å². The van der Waals surface area contributed by atoms with Gasteiger partial charge in [-0.15, -0.1) is 0 Å². The molecule has 4 rings (SSSR count). The zero-order valence-corrected chi connectivity index (χ0v) is 16.3. The van der Waals surface area contributed by atoms with E-state index in [-0.39, 0.29) is 12.7 Å². The van der Waals surface area contributed by atoms with E-state index in [1.165, 1.54) is 4.90 Å². The van der Waals surface area contributed by atoms with Crippen LogP contribution in [0, 0.1) is 0 Å². The molecule has 2 aromatic rings. The summed E-state index contributed by atoms with van der Waals surface area (Å²) in [5.41, 5.74) is 1.07. The molecule has 2 N–H and O–H groups in total. The van der Waals surface area contributed by atoms with Crippen LogP contribution in [0.3, 0.4) is 0 Å². The highest BCUT2D eigenvalue weighted by molar-refractivity contribution is 5.77. The van der Waals surface area contributed by atoms with Crippen LogP contribution in [0.4, 0.5) is 5.82 Å². The van der Waals surface area contributed by atoms with Crippen molar-refractivity contribution in [1.82, 2.24) is 4.90 Å². The first-order chi connectivity index (χ1) is 13.7. The van der Waals surface area contributed by atoms with Crippen LogP contribution in [-0.4, -0.2) is 56.9 Å². The first-order valence-corrected chi connectivity index (χ1v) is 9.94. The third-order valence-corrected chi connectivity index (χ3v) is 5.45. The molecular formula is C21H28N4O3+2. The topological polar surface area (TPSA) is 60.6 Å². The zero-order chi connectivity index (χ0) is 19.3. The third kappa shape index (κ3) is 4.20. The predicted molar refractivity (Wildman–Crippen MR) is 104 cm³/mol. The van der Waals surface area contributed by atoms with Crippen molar-refractivity contribution < 1.29 is 24.2 Å². The standard InChI is InChI=1S/C21H26N4O3/c1-2-24(14-17-6-7-18-19(13-17)28-16-27-18)21(26)15-23-9-11-25(12-10-23)20-5-3-4-8-22-20/h3-8,13H,2,9-12,14-16H2,1H3/p+2. The van der Waals surface area contributed by atoms with Crippen LogP contribution >= 0.6 is 0 Å². The van der Waals surface area contributed by atoms with E-state index >= 15 is 0 Å². The molecule has 1 amide bonds. The van der Waals surface area contributed by atoms with Gasteiger partial charge in [0.15, 0.2) is 18.0 Å². The lowest BCUT2D eigenvalue weighted by atomic mass is 10.2. The Morgan fingerprint density at radius 3 is 2.75 bits per heavy atom. The van der Waals surface area contributed by atoms with Crippen LogP contribution in [0.5, 0.6) is 11.5 Å². The number of fused-ring (bicyclic) bond motifs is 1. The molecule has 0 radical (unpaired) electrons. The number of ether oxygens (including phenoxy) is 2. The van der Waals surface area contributed by atoms with Crippen molar-refractivity contribution in [2.75, 3.05) is 51.0 Å². The summed E-state index contributed by atoms with van der Waals surface area (Å²) in [7, 11) is 0. The Bertz CT molecular complexity index is 807. The van der Waals surface area contributed by atoms with Gasteiger partial charge < -0.3 is 19.3 Å². The van der Waals surface area contributed by atoms with Crippen molar-refractivity contribution in [3.63, 3.8) is 0 Å². The highest BCUT2D eigenvalue weighted by atomic mass is 16.7. The lowest BCUT2D eigenvalue weighted by molar-refractivity contribution is -0.892. The molecule has 7 heteroatoms. The number of rotatable bonds is 6. The van der Waals surface area contributed by atoms with Crippen molar-refractivity contribution in [1.29, 1.82) is 0 Å². The zero-order valence-electron chi connectivity index (χ0n) is 16.3. The van der Waals surface area contributed by atoms with E-state index in [9.17, 15) is 4.79 Å². The number of aromatic amines is 1. The number of carbonyl (C=O) groups is 1. The number of anilines is 1. The van der Waals surface area contributed by atoms with Crippen LogP contribution in [0.1, 0.15) is 12.5 Å². The minimum atomic E-state index is 0.204. The number of benzene rings is 1. The molecule has 1 aromatic heterocycles. The number of aromatic nitrogens is 1. The first-order valence-electron chi connectivity index (χ1n) is 9.94. The van der Waals surface area contributed by atoms with Gasteiger partial charge in [0.25, 0.3) is 11.7 Å². The van der Waals surface area contributed by atoms with E-state index in [0.717, 1.165) is 49.1 Å². The number of H-pyrrole nitrogens is 1. The van der Waals surface area contributed by atoms with Crippen molar-refractivity contribution in [2.45, 2.75) is 13.5 Å². The maximum Gasteiger partial charge on any atom is 0.278 e. The molecule has 2 aliphatic rings. The van der Waals surface area contributed by atoms with Crippen molar-refractivity contribution in [3.05, 3.63) is 48.2 Å². The molecule has 2 aliphatic heterocycles. The normalized spacial score (nSPS) is 16.2. The Morgan fingerprint density at radius 1 is 1.18 bits per heavy atom. The fourth-order valence-corrected chi connectivity index (χ4v) is 3.78. The second-order valence-electron chi connectivity index (χ2n) is 7.26. The van der Waals surface area contributed by atoms with Gasteiger partial charge in [-0.3, -0.25) is 9.69 Å². The fourth-order valence-electron chi connectivity index (χ4n) is 3.78. The number of likely N-dealkylation sites (N-methyl/N-ethyl adjacent to an activating group) is 1. The average molecular weight is 384 g/mol. The summed E-state index contributed by atoms with van der Waals surface area (Å²) >= 11 is 0. The van der Waals surface area contributed by atoms with Gasteiger partial charge in [-0.2, -0.15) is 0 Å². The number of hydrogen-bond acceptors (Lipinski definition) is 4. The Labute approximate surface area is 165 Å². The summed E-state index contributed by atoms with van der Waals surface area (Å²) in [6.07, 6.45) is 1.95. The summed E-state index contributed by atoms with van der Waals surface area (Å²) < 4.78 is 10.8. The van der Waals surface area contributed by atoms with Crippen LogP contribution in [0.2, 0.25) is 0 Å². The average Bonchev–Trinajstić information content (AvgIpc) is 3.21. The van der Waals surface area contributed by atoms with E-state index in [4.69, 9.17) is 9.47 Å². The Morgan fingerprint density at radius 2 is 2.00 bits per heavy atom. The second-order valence-corrected chi connectivity index (χ2v) is 7.26. The lowest BCUT2D eigenvalue weighted by Gasteiger charge is -2.29. The molecule has 1 aromatic carbocycles. The maximum absolute atomic E-state index is 12.9. The minimum absolute atomic E-state index is 0.204. The summed E-state index contributed by atoms with van der Waals surface area (Å²) in [4.78, 5) is 21.8. The van der Waals surface area contributed by atoms with Crippen LogP contribution in [-0.2, 0) is 11.3 Å². The summed E-state index contributed by atoms with van der Waals surface area (Å²) in [6, 6.07) is 12.0. The van der Waals surface area contributed by atoms with Crippen LogP contribution in [0.25, 0.3) is 0 Å². The monoisotopic (exact) mass is 384 g/mol. The molecule has 0 spiro atoms. The van der Waals surface area contributed by atoms with Crippen molar-refractivity contribution in [2.24, 2.45) is 0 Å². The number of nitrogens with zero attached hydrogens (tertiary/aromatic N) is 2. The molecule has 0 saturated carbocycles. The summed E-state index contributed by atoms with van der Waals surface area (Å²) in [5.74, 6) is 2.89. The molecule has 0 unspecified atom stereocenters. The van der Waals surface area contributed by atoms with Gasteiger partial charge in [0.05, 0.1) is 6.20 Å². The number of quaternary nitrogens is 1. The number of carbonyl (C=O) groups excluding carboxylic acids is 1. The fraction of sp³-hybridized carbons (Fsp3) is 0.429. The quantitative estimate of drug-likeness (QED) is 0.761. The summed E-state index contributed by atoms with van der Waals surface area (Å²) in [5, 5.41) is 0. The maximum atomic E-state index is 12.9. The van der Waals surface area contributed by atoms with Crippen LogP contribution < -0.4 is 24.3 Å². The molecule has 0 atom stereocenters. The second kappa shape index (κ2) is 8.48. The van der Waals surface area contributed by atoms with Crippen LogP contribution in [0.15, 0.2) is 42.6 Å². The molecule has 7 nitrogen and oxygen atoms in total. The van der Waals surface area contributed by atoms with Crippen molar-refractivity contribution >= 4 is 11.7 Å². The number of piperazine rings is 1. The van der Waals surface area contributed by atoms with Gasteiger partial charge in [0, 0.05) is 19.2 Å². The SMILES string of the molecule is CCN(Cc1ccc2c(c1)OCO2)C(=O)C[NH+]1CCN(c2cccc[nH+]2)CC1. The number of amides is 1. The molecule has 28 heavy (non-hydrogen) atoms. The number of pyridine rings is 1. The Hall–Kier alpha value is -2.80. The summed E-state index contributed by atoms with van der Waals surface area (Å²) in [6.45, 7) is 8.00. The van der Waals surface area contributed by atoms with Gasteiger partial charge in [0.1, 0.15) is 26.2 Å². The highest BCUT2D eigenvalue weighted by Gasteiger charge is 2.28. The molecule has 148 valence electrons. The molecule has 0 aliphatic carbocycles. The predicted octanol–water partition coefficient (Wildman–Crippen LogP) is -0.0170. The van der Waals surface area contributed by atoms with Gasteiger partial charge in [-0.05, 0) is 30.7 Å². The minimum Gasteiger partial charge on any atom is -0.454 e. The van der Waals surface area contributed by atoms with Gasteiger partial charge in [-0.1, -0.05) is 12.1 Å². The van der Waals surface area contributed by atoms with Gasteiger partial charge >= 0.3 is 0 Å². The molecule has 1 fully saturated rings. The molecule has 0 bridgehead atoms. The Kier molecular flexibility index (Phi) is 5.62. The third-order valence-electron chi connectivity index (χ3n) is 5.45. The van der Waals surface area contributed by atoms with E-state index in [0.29, 0.717) is 19.6 Å². The smallest absolute Gasteiger partial charge is 0.278 e. The van der Waals surface area contributed by atoms with E-state index < -0.39 is 0 Å². The van der Waals surface area contributed by atoms with E-state index in [1.807, 2.05) is 48.4 Å². The molecular weight excluding hydrogens is 356 g/mol. The molecule has 3 heterocycles. The van der Waals surface area contributed by atoms with Gasteiger partial charge in [-0.25, -0.2) is 4.98 Å². The Balaban J connectivity index is 1.30. The van der Waals surface area contributed by atoms with E-state index in [2.05, 4.69) is 16.0 Å². The number of nitrogens with one attached hydrogen (secondary N) is 2. The number of hydrogen-bond donors (Lipinski definition) is 1. The van der Waals surface area contributed by atoms with Gasteiger partial charge in [0.2, 0.25) is 6.79 Å². The first kappa shape index (κ1) is 18.6. The lowest BCUT2D eigenvalue weighted by Crippen LogP contribution is -3.16. The highest BCUT2D eigenvalue weighted by Crippen LogP contribution is 2.32. The largest absolute Gasteiger partial charge is 0.454 e.